The molecule has 2 fully saturated rings. The predicted molar refractivity (Wildman–Crippen MR) is 72.6 cm³/mol. The highest BCUT2D eigenvalue weighted by atomic mass is 16.5. The van der Waals surface area contributed by atoms with Gasteiger partial charge in [0.15, 0.2) is 0 Å². The van der Waals surface area contributed by atoms with Crippen molar-refractivity contribution in [3.8, 4) is 0 Å². The third kappa shape index (κ3) is 5.22. The molecule has 1 aliphatic carbocycles. The van der Waals surface area contributed by atoms with Crippen LogP contribution in [0.4, 0.5) is 0 Å². The van der Waals surface area contributed by atoms with Crippen LogP contribution in [0.15, 0.2) is 0 Å². The van der Waals surface area contributed by atoms with Gasteiger partial charge in [-0.1, -0.05) is 0 Å². The van der Waals surface area contributed by atoms with Gasteiger partial charge >= 0.3 is 0 Å². The molecule has 0 aromatic carbocycles. The van der Waals surface area contributed by atoms with Crippen LogP contribution in [0.2, 0.25) is 0 Å². The second-order valence-corrected chi connectivity index (χ2v) is 5.63. The molecule has 1 aliphatic heterocycles. The lowest BCUT2D eigenvalue weighted by atomic mass is 9.92. The zero-order chi connectivity index (χ0) is 12.6. The van der Waals surface area contributed by atoms with Crippen LogP contribution in [0.3, 0.4) is 0 Å². The zero-order valence-corrected chi connectivity index (χ0v) is 11.4. The van der Waals surface area contributed by atoms with Gasteiger partial charge in [0.1, 0.15) is 0 Å². The number of nitrogens with two attached hydrogens (primary N) is 1. The first-order valence-electron chi connectivity index (χ1n) is 7.53. The van der Waals surface area contributed by atoms with Crippen molar-refractivity contribution in [1.29, 1.82) is 0 Å². The van der Waals surface area contributed by atoms with Gasteiger partial charge < -0.3 is 20.5 Å². The van der Waals surface area contributed by atoms with Gasteiger partial charge in [-0.2, -0.15) is 0 Å². The van der Waals surface area contributed by atoms with Crippen molar-refractivity contribution in [1.82, 2.24) is 5.32 Å². The molecule has 1 atom stereocenters. The zero-order valence-electron chi connectivity index (χ0n) is 11.4. The van der Waals surface area contributed by atoms with Crippen molar-refractivity contribution in [3.05, 3.63) is 0 Å². The molecule has 0 spiro atoms. The maximum Gasteiger partial charge on any atom is 0.0809 e. The predicted octanol–water partition coefficient (Wildman–Crippen LogP) is 1.43. The summed E-state index contributed by atoms with van der Waals surface area (Å²) in [5.41, 5.74) is 5.89. The van der Waals surface area contributed by atoms with E-state index in [4.69, 9.17) is 15.2 Å². The summed E-state index contributed by atoms with van der Waals surface area (Å²) >= 11 is 0. The van der Waals surface area contributed by atoms with E-state index in [0.717, 1.165) is 32.8 Å². The van der Waals surface area contributed by atoms with Crippen LogP contribution in [-0.2, 0) is 9.47 Å². The second kappa shape index (κ2) is 8.10. The average molecular weight is 256 g/mol. The first-order valence-corrected chi connectivity index (χ1v) is 7.53. The molecule has 0 aromatic rings. The SMILES string of the molecule is NC1CCC(NCCCOCC2CCCO2)CC1. The van der Waals surface area contributed by atoms with E-state index in [-0.39, 0.29) is 0 Å². The number of hydrogen-bond donors (Lipinski definition) is 2. The lowest BCUT2D eigenvalue weighted by Crippen LogP contribution is -2.38. The van der Waals surface area contributed by atoms with Gasteiger partial charge in [-0.3, -0.25) is 0 Å². The molecule has 1 heterocycles. The number of nitrogens with one attached hydrogen (secondary N) is 1. The van der Waals surface area contributed by atoms with Crippen LogP contribution in [-0.4, -0.2) is 44.6 Å². The summed E-state index contributed by atoms with van der Waals surface area (Å²) in [6.07, 6.45) is 8.63. The summed E-state index contributed by atoms with van der Waals surface area (Å²) < 4.78 is 11.2. The van der Waals surface area contributed by atoms with E-state index in [1.165, 1.54) is 38.5 Å². The van der Waals surface area contributed by atoms with E-state index in [0.29, 0.717) is 18.2 Å². The molecule has 1 unspecified atom stereocenters. The molecule has 0 radical (unpaired) electrons. The van der Waals surface area contributed by atoms with Crippen molar-refractivity contribution in [2.24, 2.45) is 5.73 Å². The Labute approximate surface area is 111 Å². The molecule has 106 valence electrons. The van der Waals surface area contributed by atoms with Crippen LogP contribution >= 0.6 is 0 Å². The summed E-state index contributed by atoms with van der Waals surface area (Å²) in [4.78, 5) is 0. The van der Waals surface area contributed by atoms with Crippen LogP contribution < -0.4 is 11.1 Å². The molecule has 0 bridgehead atoms. The Morgan fingerprint density at radius 1 is 1.17 bits per heavy atom. The molecule has 4 nitrogen and oxygen atoms in total. The number of ether oxygens (including phenoxy) is 2. The maximum atomic E-state index is 5.89. The fourth-order valence-electron chi connectivity index (χ4n) is 2.79. The van der Waals surface area contributed by atoms with Gasteiger partial charge in [-0.05, 0) is 51.5 Å². The highest BCUT2D eigenvalue weighted by Crippen LogP contribution is 2.16. The molecular weight excluding hydrogens is 228 g/mol. The number of rotatable bonds is 7. The largest absolute Gasteiger partial charge is 0.379 e. The highest BCUT2D eigenvalue weighted by Gasteiger charge is 2.17. The topological polar surface area (TPSA) is 56.5 Å². The standard InChI is InChI=1S/C14H28N2O2/c15-12-4-6-13(7-5-12)16-8-2-9-17-11-14-3-1-10-18-14/h12-14,16H,1-11,15H2. The monoisotopic (exact) mass is 256 g/mol. The van der Waals surface area contributed by atoms with Gasteiger partial charge in [-0.25, -0.2) is 0 Å². The van der Waals surface area contributed by atoms with E-state index < -0.39 is 0 Å². The van der Waals surface area contributed by atoms with E-state index in [9.17, 15) is 0 Å². The quantitative estimate of drug-likeness (QED) is 0.677. The Bertz CT molecular complexity index is 212. The molecule has 2 aliphatic rings. The molecule has 3 N–H and O–H groups in total. The van der Waals surface area contributed by atoms with Crippen molar-refractivity contribution in [2.75, 3.05) is 26.4 Å². The van der Waals surface area contributed by atoms with E-state index in [2.05, 4.69) is 5.32 Å². The summed E-state index contributed by atoms with van der Waals surface area (Å²) in [6, 6.07) is 1.13. The van der Waals surface area contributed by atoms with Crippen molar-refractivity contribution < 1.29 is 9.47 Å². The third-order valence-corrected chi connectivity index (χ3v) is 4.00. The lowest BCUT2D eigenvalue weighted by Gasteiger charge is -2.26. The minimum absolute atomic E-state index is 0.359. The summed E-state index contributed by atoms with van der Waals surface area (Å²) in [5, 5.41) is 3.60. The van der Waals surface area contributed by atoms with Gasteiger partial charge in [0.05, 0.1) is 12.7 Å². The fourth-order valence-corrected chi connectivity index (χ4v) is 2.79. The first-order chi connectivity index (χ1) is 8.84. The highest BCUT2D eigenvalue weighted by molar-refractivity contribution is 4.78. The molecule has 0 amide bonds. The van der Waals surface area contributed by atoms with Gasteiger partial charge in [-0.15, -0.1) is 0 Å². The fraction of sp³-hybridized carbons (Fsp3) is 1.00. The molecule has 18 heavy (non-hydrogen) atoms. The van der Waals surface area contributed by atoms with Crippen LogP contribution in [0.1, 0.15) is 44.9 Å². The Kier molecular flexibility index (Phi) is 6.41. The normalized spacial score (nSPS) is 32.8. The molecular formula is C14H28N2O2. The third-order valence-electron chi connectivity index (χ3n) is 4.00. The van der Waals surface area contributed by atoms with E-state index in [1.807, 2.05) is 0 Å². The first kappa shape index (κ1) is 14.3. The Morgan fingerprint density at radius 3 is 2.72 bits per heavy atom. The van der Waals surface area contributed by atoms with Crippen LogP contribution in [0, 0.1) is 0 Å². The van der Waals surface area contributed by atoms with E-state index in [1.54, 1.807) is 0 Å². The Balaban J connectivity index is 1.39. The Hall–Kier alpha value is -0.160. The molecule has 1 saturated heterocycles. The molecule has 0 aromatic heterocycles. The van der Waals surface area contributed by atoms with Gasteiger partial charge in [0, 0.05) is 25.3 Å². The lowest BCUT2D eigenvalue weighted by molar-refractivity contribution is 0.0165. The molecule has 1 saturated carbocycles. The summed E-state index contributed by atoms with van der Waals surface area (Å²) in [7, 11) is 0. The maximum absolute atomic E-state index is 5.89. The average Bonchev–Trinajstić information content (AvgIpc) is 2.89. The molecule has 4 heteroatoms. The van der Waals surface area contributed by atoms with E-state index >= 15 is 0 Å². The van der Waals surface area contributed by atoms with Crippen LogP contribution in [0.25, 0.3) is 0 Å². The smallest absolute Gasteiger partial charge is 0.0809 e. The van der Waals surface area contributed by atoms with Crippen LogP contribution in [0.5, 0.6) is 0 Å². The summed E-state index contributed by atoms with van der Waals surface area (Å²) in [5.74, 6) is 0. The van der Waals surface area contributed by atoms with Crippen molar-refractivity contribution in [3.63, 3.8) is 0 Å². The van der Waals surface area contributed by atoms with Crippen molar-refractivity contribution in [2.45, 2.75) is 63.1 Å². The second-order valence-electron chi connectivity index (χ2n) is 5.63. The summed E-state index contributed by atoms with van der Waals surface area (Å²) in [6.45, 7) is 3.60. The minimum Gasteiger partial charge on any atom is -0.379 e. The minimum atomic E-state index is 0.359. The van der Waals surface area contributed by atoms with Gasteiger partial charge in [0.2, 0.25) is 0 Å². The van der Waals surface area contributed by atoms with Gasteiger partial charge in [0.25, 0.3) is 0 Å². The molecule has 2 rings (SSSR count). The van der Waals surface area contributed by atoms with Crippen molar-refractivity contribution >= 4 is 0 Å². The number of hydrogen-bond acceptors (Lipinski definition) is 4. The Morgan fingerprint density at radius 2 is 2.00 bits per heavy atom.